The summed E-state index contributed by atoms with van der Waals surface area (Å²) >= 11 is 0. The summed E-state index contributed by atoms with van der Waals surface area (Å²) in [6.45, 7) is 5.90. The van der Waals surface area contributed by atoms with Crippen LogP contribution in [0.3, 0.4) is 0 Å². The first kappa shape index (κ1) is 11.4. The number of carboxylic acids is 1. The van der Waals surface area contributed by atoms with Crippen molar-refractivity contribution in [3.8, 4) is 0 Å². The first-order valence-corrected chi connectivity index (χ1v) is 4.73. The summed E-state index contributed by atoms with van der Waals surface area (Å²) in [5, 5.41) is 8.86. The second kappa shape index (κ2) is 4.25. The van der Waals surface area contributed by atoms with Crippen molar-refractivity contribution >= 4 is 5.97 Å². The lowest BCUT2D eigenvalue weighted by molar-refractivity contribution is 0.0694. The average Bonchev–Trinajstić information content (AvgIpc) is 2.08. The van der Waals surface area contributed by atoms with Crippen LogP contribution in [0.15, 0.2) is 11.0 Å². The maximum absolute atomic E-state index is 11.4. The van der Waals surface area contributed by atoms with Crippen molar-refractivity contribution in [3.05, 3.63) is 27.9 Å². The van der Waals surface area contributed by atoms with Crippen LogP contribution >= 0.6 is 0 Å². The Morgan fingerprint density at radius 2 is 2.20 bits per heavy atom. The van der Waals surface area contributed by atoms with Gasteiger partial charge < -0.3 is 5.11 Å². The van der Waals surface area contributed by atoms with Crippen LogP contribution in [0, 0.1) is 12.8 Å². The average molecular weight is 210 g/mol. The van der Waals surface area contributed by atoms with Gasteiger partial charge in [0.1, 0.15) is 0 Å². The van der Waals surface area contributed by atoms with Gasteiger partial charge in [0.15, 0.2) is 0 Å². The van der Waals surface area contributed by atoms with Crippen molar-refractivity contribution in [1.82, 2.24) is 9.55 Å². The zero-order valence-corrected chi connectivity index (χ0v) is 9.02. The quantitative estimate of drug-likeness (QED) is 0.804. The summed E-state index contributed by atoms with van der Waals surface area (Å²) in [4.78, 5) is 25.9. The Balaban J connectivity index is 3.24. The number of aromatic nitrogens is 2. The van der Waals surface area contributed by atoms with E-state index in [0.29, 0.717) is 6.54 Å². The molecule has 5 heteroatoms. The molecule has 1 rings (SSSR count). The van der Waals surface area contributed by atoms with Crippen LogP contribution in [0.5, 0.6) is 0 Å². The third kappa shape index (κ3) is 2.65. The van der Waals surface area contributed by atoms with E-state index in [-0.39, 0.29) is 17.2 Å². The van der Waals surface area contributed by atoms with Crippen molar-refractivity contribution in [2.45, 2.75) is 27.3 Å². The molecule has 0 aliphatic rings. The number of nitrogens with zero attached hydrogens (tertiary/aromatic N) is 2. The van der Waals surface area contributed by atoms with Crippen molar-refractivity contribution < 1.29 is 9.90 Å². The first-order valence-electron chi connectivity index (χ1n) is 4.73. The van der Waals surface area contributed by atoms with E-state index in [9.17, 15) is 9.59 Å². The standard InChI is InChI=1S/C10H14N2O3/c1-6(2)4-12-5-8(9(13)14)7(3)11-10(12)15/h5-6H,4H2,1-3H3,(H,13,14). The van der Waals surface area contributed by atoms with Gasteiger partial charge in [-0.2, -0.15) is 4.98 Å². The molecule has 0 amide bonds. The van der Waals surface area contributed by atoms with Gasteiger partial charge in [-0.15, -0.1) is 0 Å². The maximum Gasteiger partial charge on any atom is 0.347 e. The Labute approximate surface area is 87.4 Å². The van der Waals surface area contributed by atoms with E-state index in [0.717, 1.165) is 0 Å². The molecule has 15 heavy (non-hydrogen) atoms. The van der Waals surface area contributed by atoms with Crippen LogP contribution in [-0.4, -0.2) is 20.6 Å². The molecule has 0 aliphatic heterocycles. The fraction of sp³-hybridized carbons (Fsp3) is 0.500. The predicted octanol–water partition coefficient (Wildman–Crippen LogP) is 0.906. The van der Waals surface area contributed by atoms with Gasteiger partial charge in [0.05, 0.1) is 11.3 Å². The number of hydrogen-bond acceptors (Lipinski definition) is 3. The molecule has 0 aliphatic carbocycles. The summed E-state index contributed by atoms with van der Waals surface area (Å²) in [5.74, 6) is -0.786. The van der Waals surface area contributed by atoms with Gasteiger partial charge in [-0.1, -0.05) is 13.8 Å². The molecule has 0 radical (unpaired) electrons. The molecule has 0 spiro atoms. The lowest BCUT2D eigenvalue weighted by atomic mass is 10.2. The highest BCUT2D eigenvalue weighted by Crippen LogP contribution is 2.03. The summed E-state index contributed by atoms with van der Waals surface area (Å²) in [5.41, 5.74) is -0.0612. The van der Waals surface area contributed by atoms with E-state index in [1.165, 1.54) is 17.7 Å². The molecule has 0 unspecified atom stereocenters. The normalized spacial score (nSPS) is 10.7. The minimum atomic E-state index is -1.06. The maximum atomic E-state index is 11.4. The monoisotopic (exact) mass is 210 g/mol. The Kier molecular flexibility index (Phi) is 3.24. The third-order valence-electron chi connectivity index (χ3n) is 1.98. The molecule has 0 aromatic carbocycles. The Morgan fingerprint density at radius 1 is 1.60 bits per heavy atom. The van der Waals surface area contributed by atoms with Crippen LogP contribution in [0.4, 0.5) is 0 Å². The van der Waals surface area contributed by atoms with E-state index in [1.54, 1.807) is 0 Å². The zero-order valence-electron chi connectivity index (χ0n) is 9.02. The van der Waals surface area contributed by atoms with E-state index in [4.69, 9.17) is 5.11 Å². The Hall–Kier alpha value is -1.65. The van der Waals surface area contributed by atoms with Gasteiger partial charge >= 0.3 is 11.7 Å². The molecule has 82 valence electrons. The summed E-state index contributed by atoms with van der Waals surface area (Å²) in [6, 6.07) is 0. The smallest absolute Gasteiger partial charge is 0.347 e. The molecule has 1 aromatic rings. The molecule has 1 heterocycles. The number of hydrogen-bond donors (Lipinski definition) is 1. The molecule has 1 aromatic heterocycles. The highest BCUT2D eigenvalue weighted by atomic mass is 16.4. The summed E-state index contributed by atoms with van der Waals surface area (Å²) in [6.07, 6.45) is 1.35. The van der Waals surface area contributed by atoms with Crippen LogP contribution in [0.25, 0.3) is 0 Å². The van der Waals surface area contributed by atoms with E-state index < -0.39 is 11.7 Å². The zero-order chi connectivity index (χ0) is 11.6. The number of rotatable bonds is 3. The van der Waals surface area contributed by atoms with Gasteiger partial charge in [0.25, 0.3) is 0 Å². The van der Waals surface area contributed by atoms with Gasteiger partial charge in [0.2, 0.25) is 0 Å². The number of aryl methyl sites for hydroxylation is 1. The van der Waals surface area contributed by atoms with Crippen LogP contribution in [0.2, 0.25) is 0 Å². The topological polar surface area (TPSA) is 72.2 Å². The summed E-state index contributed by atoms with van der Waals surface area (Å²) < 4.78 is 1.33. The van der Waals surface area contributed by atoms with Gasteiger partial charge in [-0.3, -0.25) is 4.57 Å². The van der Waals surface area contributed by atoms with Crippen molar-refractivity contribution in [2.75, 3.05) is 0 Å². The first-order chi connectivity index (χ1) is 6.91. The van der Waals surface area contributed by atoms with Crippen LogP contribution in [0.1, 0.15) is 29.9 Å². The third-order valence-corrected chi connectivity index (χ3v) is 1.98. The predicted molar refractivity (Wildman–Crippen MR) is 55.0 cm³/mol. The molecular weight excluding hydrogens is 196 g/mol. The van der Waals surface area contributed by atoms with Crippen LogP contribution in [-0.2, 0) is 6.54 Å². The number of carbonyl (C=O) groups is 1. The van der Waals surface area contributed by atoms with Crippen molar-refractivity contribution in [3.63, 3.8) is 0 Å². The highest BCUT2D eigenvalue weighted by Gasteiger charge is 2.11. The van der Waals surface area contributed by atoms with E-state index >= 15 is 0 Å². The fourth-order valence-electron chi connectivity index (χ4n) is 1.31. The minimum Gasteiger partial charge on any atom is -0.478 e. The SMILES string of the molecule is Cc1nc(=O)n(CC(C)C)cc1C(=O)O. The van der Waals surface area contributed by atoms with Crippen molar-refractivity contribution in [2.24, 2.45) is 5.92 Å². The second-order valence-corrected chi connectivity index (χ2v) is 3.87. The largest absolute Gasteiger partial charge is 0.478 e. The van der Waals surface area contributed by atoms with Gasteiger partial charge in [-0.05, 0) is 12.8 Å². The molecule has 0 saturated carbocycles. The Morgan fingerprint density at radius 3 is 2.67 bits per heavy atom. The van der Waals surface area contributed by atoms with Gasteiger partial charge in [0, 0.05) is 12.7 Å². The molecule has 0 saturated heterocycles. The molecule has 5 nitrogen and oxygen atoms in total. The number of aromatic carboxylic acids is 1. The fourth-order valence-corrected chi connectivity index (χ4v) is 1.31. The molecule has 1 N–H and O–H groups in total. The van der Waals surface area contributed by atoms with E-state index in [1.807, 2.05) is 13.8 Å². The second-order valence-electron chi connectivity index (χ2n) is 3.87. The minimum absolute atomic E-state index is 0.0789. The Bertz CT molecular complexity index is 435. The highest BCUT2D eigenvalue weighted by molar-refractivity contribution is 5.88. The molecule has 0 fully saturated rings. The summed E-state index contributed by atoms with van der Waals surface area (Å²) in [7, 11) is 0. The van der Waals surface area contributed by atoms with Gasteiger partial charge in [-0.25, -0.2) is 9.59 Å². The molecular formula is C10H14N2O3. The van der Waals surface area contributed by atoms with Crippen LogP contribution < -0.4 is 5.69 Å². The lowest BCUT2D eigenvalue weighted by Crippen LogP contribution is -2.27. The molecule has 0 atom stereocenters. The van der Waals surface area contributed by atoms with Crippen molar-refractivity contribution in [1.29, 1.82) is 0 Å². The lowest BCUT2D eigenvalue weighted by Gasteiger charge is -2.09. The molecule has 0 bridgehead atoms. The van der Waals surface area contributed by atoms with E-state index in [2.05, 4.69) is 4.98 Å². The number of carboxylic acid groups (broad SMARTS) is 1.